The van der Waals surface area contributed by atoms with Crippen molar-refractivity contribution in [2.75, 3.05) is 52.5 Å². The fourth-order valence-electron chi connectivity index (χ4n) is 3.46. The molecular weight excluding hydrogens is 309 g/mol. The molecule has 1 atom stereocenters. The van der Waals surface area contributed by atoms with Crippen molar-refractivity contribution >= 4 is 5.91 Å². The number of nitrogens with zero attached hydrogens (tertiary/aromatic N) is 2. The number of carbonyl (C=O) groups is 1. The van der Waals surface area contributed by atoms with E-state index in [1.54, 1.807) is 6.07 Å². The fraction of sp³-hybridized carbons (Fsp3) is 0.611. The highest BCUT2D eigenvalue weighted by atomic mass is 19.1. The number of halogens is 1. The van der Waals surface area contributed by atoms with Crippen molar-refractivity contribution in [3.8, 4) is 0 Å². The molecule has 2 heterocycles. The van der Waals surface area contributed by atoms with Gasteiger partial charge in [-0.25, -0.2) is 4.39 Å². The topological polar surface area (TPSA) is 44.8 Å². The van der Waals surface area contributed by atoms with Crippen LogP contribution in [0.3, 0.4) is 0 Å². The van der Waals surface area contributed by atoms with Crippen molar-refractivity contribution < 1.29 is 13.9 Å². The standard InChI is InChI=1S/C18H26FN3O2/c19-16-6-2-1-5-15(16)17(22-7-3-4-8-22)13-20-18(23)14-21-9-11-24-12-10-21/h1-2,5-6,17H,3-4,7-14H2,(H,20,23). The molecule has 0 bridgehead atoms. The second-order valence-corrected chi connectivity index (χ2v) is 6.47. The second-order valence-electron chi connectivity index (χ2n) is 6.47. The number of rotatable bonds is 6. The number of hydrogen-bond acceptors (Lipinski definition) is 4. The van der Waals surface area contributed by atoms with E-state index in [4.69, 9.17) is 4.74 Å². The molecule has 2 saturated heterocycles. The van der Waals surface area contributed by atoms with Crippen molar-refractivity contribution in [1.82, 2.24) is 15.1 Å². The number of ether oxygens (including phenoxy) is 1. The third-order valence-electron chi connectivity index (χ3n) is 4.81. The summed E-state index contributed by atoms with van der Waals surface area (Å²) in [6, 6.07) is 6.79. The van der Waals surface area contributed by atoms with Crippen LogP contribution in [-0.4, -0.2) is 68.2 Å². The van der Waals surface area contributed by atoms with Crippen molar-refractivity contribution in [2.45, 2.75) is 18.9 Å². The summed E-state index contributed by atoms with van der Waals surface area (Å²) in [7, 11) is 0. The highest BCUT2D eigenvalue weighted by molar-refractivity contribution is 5.78. The Kier molecular flexibility index (Phi) is 6.18. The average Bonchev–Trinajstić information content (AvgIpc) is 3.12. The molecule has 1 aromatic carbocycles. The van der Waals surface area contributed by atoms with Crippen LogP contribution in [0.1, 0.15) is 24.4 Å². The van der Waals surface area contributed by atoms with E-state index in [9.17, 15) is 9.18 Å². The third kappa shape index (κ3) is 4.53. The molecule has 24 heavy (non-hydrogen) atoms. The van der Waals surface area contributed by atoms with Crippen LogP contribution in [0.5, 0.6) is 0 Å². The van der Waals surface area contributed by atoms with Crippen LogP contribution in [0.2, 0.25) is 0 Å². The van der Waals surface area contributed by atoms with Gasteiger partial charge in [-0.1, -0.05) is 18.2 Å². The minimum Gasteiger partial charge on any atom is -0.379 e. The zero-order valence-electron chi connectivity index (χ0n) is 14.0. The Morgan fingerprint density at radius 3 is 2.58 bits per heavy atom. The first kappa shape index (κ1) is 17.3. The molecule has 0 saturated carbocycles. The van der Waals surface area contributed by atoms with Crippen LogP contribution in [0, 0.1) is 5.82 Å². The minimum absolute atomic E-state index is 0.00237. The summed E-state index contributed by atoms with van der Waals surface area (Å²) in [5.41, 5.74) is 0.672. The maximum atomic E-state index is 14.2. The Hall–Kier alpha value is -1.50. The van der Waals surface area contributed by atoms with Gasteiger partial charge in [-0.15, -0.1) is 0 Å². The largest absolute Gasteiger partial charge is 0.379 e. The third-order valence-corrected chi connectivity index (χ3v) is 4.81. The Morgan fingerprint density at radius 2 is 1.88 bits per heavy atom. The molecule has 0 aliphatic carbocycles. The van der Waals surface area contributed by atoms with Crippen LogP contribution in [0.4, 0.5) is 4.39 Å². The molecule has 0 aromatic heterocycles. The molecule has 2 aliphatic rings. The van der Waals surface area contributed by atoms with Gasteiger partial charge < -0.3 is 10.1 Å². The van der Waals surface area contributed by atoms with Gasteiger partial charge in [-0.2, -0.15) is 0 Å². The van der Waals surface area contributed by atoms with Crippen molar-refractivity contribution in [3.05, 3.63) is 35.6 Å². The first-order chi connectivity index (χ1) is 11.7. The number of carbonyl (C=O) groups excluding carboxylic acids is 1. The molecule has 1 N–H and O–H groups in total. The van der Waals surface area contributed by atoms with Crippen molar-refractivity contribution in [3.63, 3.8) is 0 Å². The first-order valence-electron chi connectivity index (χ1n) is 8.79. The summed E-state index contributed by atoms with van der Waals surface area (Å²) in [4.78, 5) is 16.6. The van der Waals surface area contributed by atoms with Gasteiger partial charge in [0.15, 0.2) is 0 Å². The molecule has 1 unspecified atom stereocenters. The van der Waals surface area contributed by atoms with Crippen molar-refractivity contribution in [1.29, 1.82) is 0 Å². The SMILES string of the molecule is O=C(CN1CCOCC1)NCC(c1ccccc1F)N1CCCC1. The number of benzene rings is 1. The molecule has 2 aliphatic heterocycles. The van der Waals surface area contributed by atoms with E-state index in [2.05, 4.69) is 15.1 Å². The highest BCUT2D eigenvalue weighted by Crippen LogP contribution is 2.26. The first-order valence-corrected chi connectivity index (χ1v) is 8.79. The molecular formula is C18H26FN3O2. The lowest BCUT2D eigenvalue weighted by Gasteiger charge is -2.29. The Balaban J connectivity index is 1.59. The smallest absolute Gasteiger partial charge is 0.234 e. The van der Waals surface area contributed by atoms with Gasteiger partial charge in [0.25, 0.3) is 0 Å². The quantitative estimate of drug-likeness (QED) is 0.854. The maximum Gasteiger partial charge on any atom is 0.234 e. The normalized spacial score (nSPS) is 20.9. The van der Waals surface area contributed by atoms with Crippen LogP contribution in [-0.2, 0) is 9.53 Å². The van der Waals surface area contributed by atoms with Gasteiger partial charge in [0, 0.05) is 25.2 Å². The van der Waals surface area contributed by atoms with Gasteiger partial charge in [0.1, 0.15) is 5.82 Å². The molecule has 5 nitrogen and oxygen atoms in total. The van der Waals surface area contributed by atoms with Crippen LogP contribution < -0.4 is 5.32 Å². The fourth-order valence-corrected chi connectivity index (χ4v) is 3.46. The molecule has 1 amide bonds. The zero-order chi connectivity index (χ0) is 16.8. The average molecular weight is 335 g/mol. The van der Waals surface area contributed by atoms with Crippen LogP contribution >= 0.6 is 0 Å². The minimum atomic E-state index is -0.197. The van der Waals surface area contributed by atoms with E-state index in [1.165, 1.54) is 6.07 Å². The van der Waals surface area contributed by atoms with E-state index in [0.717, 1.165) is 39.0 Å². The summed E-state index contributed by atoms with van der Waals surface area (Å²) in [6.45, 7) is 5.68. The maximum absolute atomic E-state index is 14.2. The van der Waals surface area contributed by atoms with Crippen LogP contribution in [0.15, 0.2) is 24.3 Å². The van der Waals surface area contributed by atoms with E-state index < -0.39 is 0 Å². The Labute approximate surface area is 142 Å². The van der Waals surface area contributed by atoms with E-state index in [-0.39, 0.29) is 17.8 Å². The molecule has 3 rings (SSSR count). The van der Waals surface area contributed by atoms with Gasteiger partial charge in [-0.3, -0.25) is 14.6 Å². The molecule has 6 heteroatoms. The van der Waals surface area contributed by atoms with Crippen LogP contribution in [0.25, 0.3) is 0 Å². The predicted octanol–water partition coefficient (Wildman–Crippen LogP) is 1.41. The number of nitrogens with one attached hydrogen (secondary N) is 1. The lowest BCUT2D eigenvalue weighted by Crippen LogP contribution is -2.45. The molecule has 1 aromatic rings. The van der Waals surface area contributed by atoms with E-state index in [0.29, 0.717) is 31.9 Å². The molecule has 0 spiro atoms. The lowest BCUT2D eigenvalue weighted by atomic mass is 10.0. The lowest BCUT2D eigenvalue weighted by molar-refractivity contribution is -0.123. The second kappa shape index (κ2) is 8.55. The summed E-state index contributed by atoms with van der Waals surface area (Å²) < 4.78 is 19.5. The highest BCUT2D eigenvalue weighted by Gasteiger charge is 2.26. The molecule has 0 radical (unpaired) electrons. The zero-order valence-corrected chi connectivity index (χ0v) is 14.0. The molecule has 2 fully saturated rings. The summed E-state index contributed by atoms with van der Waals surface area (Å²) >= 11 is 0. The summed E-state index contributed by atoms with van der Waals surface area (Å²) in [5, 5.41) is 3.00. The number of amides is 1. The van der Waals surface area contributed by atoms with Crippen molar-refractivity contribution in [2.24, 2.45) is 0 Å². The number of likely N-dealkylation sites (tertiary alicyclic amines) is 1. The summed E-state index contributed by atoms with van der Waals surface area (Å²) in [5.74, 6) is -0.200. The molecule has 132 valence electrons. The summed E-state index contributed by atoms with van der Waals surface area (Å²) in [6.07, 6.45) is 2.26. The van der Waals surface area contributed by atoms with Gasteiger partial charge in [0.2, 0.25) is 5.91 Å². The predicted molar refractivity (Wildman–Crippen MR) is 90.2 cm³/mol. The van der Waals surface area contributed by atoms with E-state index in [1.807, 2.05) is 12.1 Å². The van der Waals surface area contributed by atoms with E-state index >= 15 is 0 Å². The van der Waals surface area contributed by atoms with Gasteiger partial charge >= 0.3 is 0 Å². The Bertz CT molecular complexity index is 543. The van der Waals surface area contributed by atoms with Gasteiger partial charge in [-0.05, 0) is 32.0 Å². The van der Waals surface area contributed by atoms with Gasteiger partial charge in [0.05, 0.1) is 25.8 Å². The number of morpholine rings is 1. The monoisotopic (exact) mass is 335 g/mol. The Morgan fingerprint density at radius 1 is 1.17 bits per heavy atom. The number of hydrogen-bond donors (Lipinski definition) is 1.